The summed E-state index contributed by atoms with van der Waals surface area (Å²) in [4.78, 5) is 25.7. The smallest absolute Gasteiger partial charge is 0.271 e. The molecule has 29 heavy (non-hydrogen) atoms. The lowest BCUT2D eigenvalue weighted by atomic mass is 9.97. The first-order valence-electron chi connectivity index (χ1n) is 9.68. The van der Waals surface area contributed by atoms with Gasteiger partial charge in [-0.25, -0.2) is 4.39 Å². The van der Waals surface area contributed by atoms with Crippen LogP contribution in [0, 0.1) is 24.1 Å². The summed E-state index contributed by atoms with van der Waals surface area (Å²) in [6.45, 7) is 5.42. The van der Waals surface area contributed by atoms with Crippen molar-refractivity contribution in [2.45, 2.75) is 59.1 Å². The molecular formula is C22H25FN2O4. The Kier molecular flexibility index (Phi) is 7.54. The van der Waals surface area contributed by atoms with Crippen molar-refractivity contribution < 1.29 is 19.0 Å². The minimum atomic E-state index is -0.960. The molecule has 0 saturated heterocycles. The number of benzene rings is 1. The zero-order valence-electron chi connectivity index (χ0n) is 16.9. The normalized spacial score (nSPS) is 11.7. The van der Waals surface area contributed by atoms with E-state index >= 15 is 0 Å². The van der Waals surface area contributed by atoms with Crippen molar-refractivity contribution in [2.24, 2.45) is 0 Å². The van der Waals surface area contributed by atoms with Gasteiger partial charge in [0.1, 0.15) is 23.2 Å². The highest BCUT2D eigenvalue weighted by atomic mass is 19.1. The van der Waals surface area contributed by atoms with Crippen LogP contribution in [0.3, 0.4) is 0 Å². The van der Waals surface area contributed by atoms with E-state index in [1.54, 1.807) is 6.92 Å². The van der Waals surface area contributed by atoms with Crippen molar-refractivity contribution in [3.63, 3.8) is 0 Å². The molecule has 154 valence electrons. The fourth-order valence-electron chi connectivity index (χ4n) is 3.13. The van der Waals surface area contributed by atoms with E-state index in [4.69, 9.17) is 4.74 Å². The van der Waals surface area contributed by atoms with E-state index < -0.39 is 29.1 Å². The van der Waals surface area contributed by atoms with Gasteiger partial charge in [-0.2, -0.15) is 5.26 Å². The van der Waals surface area contributed by atoms with E-state index in [2.05, 4.69) is 0 Å². The van der Waals surface area contributed by atoms with Gasteiger partial charge in [0.2, 0.25) is 11.7 Å². The molecule has 1 heterocycles. The number of rotatable bonds is 9. The topological polar surface area (TPSA) is 92.3 Å². The molecule has 6 nitrogen and oxygen atoms in total. The number of carbonyl (C=O) groups excluding carboxylic acids is 1. The van der Waals surface area contributed by atoms with Crippen LogP contribution in [-0.2, 0) is 6.54 Å². The van der Waals surface area contributed by atoms with E-state index in [1.807, 2.05) is 13.0 Å². The second-order valence-corrected chi connectivity index (χ2v) is 6.81. The summed E-state index contributed by atoms with van der Waals surface area (Å²) >= 11 is 0. The molecule has 1 atom stereocenters. The summed E-state index contributed by atoms with van der Waals surface area (Å²) in [7, 11) is 0. The Balaban J connectivity index is 2.48. The third kappa shape index (κ3) is 4.83. The van der Waals surface area contributed by atoms with Crippen LogP contribution in [0.15, 0.2) is 29.1 Å². The number of halogens is 1. The largest absolute Gasteiger partial charge is 0.494 e. The molecule has 2 rings (SSSR count). The summed E-state index contributed by atoms with van der Waals surface area (Å²) in [5, 5.41) is 20.1. The number of unbranched alkanes of at least 4 members (excludes halogenated alkanes) is 2. The number of ether oxygens (including phenoxy) is 1. The van der Waals surface area contributed by atoms with Crippen molar-refractivity contribution in [2.75, 3.05) is 0 Å². The van der Waals surface area contributed by atoms with Gasteiger partial charge in [0.15, 0.2) is 6.10 Å². The Morgan fingerprint density at radius 1 is 1.28 bits per heavy atom. The maximum Gasteiger partial charge on any atom is 0.271 e. The van der Waals surface area contributed by atoms with E-state index in [0.29, 0.717) is 12.2 Å². The van der Waals surface area contributed by atoms with Crippen LogP contribution >= 0.6 is 0 Å². The summed E-state index contributed by atoms with van der Waals surface area (Å²) in [5.74, 6) is -1.11. The Hall–Kier alpha value is -3.14. The maximum absolute atomic E-state index is 13.2. The van der Waals surface area contributed by atoms with Crippen LogP contribution in [0.5, 0.6) is 11.6 Å². The molecule has 0 spiro atoms. The molecule has 0 amide bonds. The molecule has 0 bridgehead atoms. The van der Waals surface area contributed by atoms with E-state index in [9.17, 15) is 24.3 Å². The molecule has 1 unspecified atom stereocenters. The number of carbonyl (C=O) groups is 1. The molecule has 0 saturated carbocycles. The van der Waals surface area contributed by atoms with Gasteiger partial charge in [0.05, 0.1) is 5.56 Å². The van der Waals surface area contributed by atoms with E-state index in [0.717, 1.165) is 17.4 Å². The van der Waals surface area contributed by atoms with Gasteiger partial charge in [-0.1, -0.05) is 26.7 Å². The molecule has 1 aromatic heterocycles. The Morgan fingerprint density at radius 2 is 1.93 bits per heavy atom. The summed E-state index contributed by atoms with van der Waals surface area (Å²) in [5.41, 5.74) is -0.735. The number of aromatic nitrogens is 1. The number of pyridine rings is 1. The Bertz CT molecular complexity index is 974. The zero-order valence-corrected chi connectivity index (χ0v) is 16.9. The highest BCUT2D eigenvalue weighted by Gasteiger charge is 2.29. The standard InChI is InChI=1S/C22H25FN2O4/c1-4-6-7-12-25-21(27)17(13-24)14(3)19(22(25)28)20(26)18(5-2)29-16-10-8-15(23)9-11-16/h8-11,18,28H,4-7,12H2,1-3H3. The van der Waals surface area contributed by atoms with Gasteiger partial charge < -0.3 is 9.84 Å². The van der Waals surface area contributed by atoms with Crippen LogP contribution < -0.4 is 10.3 Å². The number of ketones is 1. The first-order valence-corrected chi connectivity index (χ1v) is 9.68. The van der Waals surface area contributed by atoms with Gasteiger partial charge in [-0.05, 0) is 49.6 Å². The van der Waals surface area contributed by atoms with Gasteiger partial charge in [0, 0.05) is 6.54 Å². The third-order valence-electron chi connectivity index (χ3n) is 4.79. The molecule has 7 heteroatoms. The molecule has 2 aromatic rings. The summed E-state index contributed by atoms with van der Waals surface area (Å²) < 4.78 is 19.9. The fourth-order valence-corrected chi connectivity index (χ4v) is 3.13. The van der Waals surface area contributed by atoms with Crippen LogP contribution in [0.2, 0.25) is 0 Å². The Labute approximate surface area is 169 Å². The number of hydrogen-bond acceptors (Lipinski definition) is 5. The molecular weight excluding hydrogens is 375 g/mol. The number of hydrogen-bond donors (Lipinski definition) is 1. The van der Waals surface area contributed by atoms with Crippen molar-refractivity contribution in [1.82, 2.24) is 4.57 Å². The molecule has 1 aromatic carbocycles. The predicted molar refractivity (Wildman–Crippen MR) is 107 cm³/mol. The lowest BCUT2D eigenvalue weighted by molar-refractivity contribution is 0.0781. The van der Waals surface area contributed by atoms with E-state index in [1.165, 1.54) is 31.2 Å². The van der Waals surface area contributed by atoms with Crippen molar-refractivity contribution in [3.8, 4) is 17.7 Å². The highest BCUT2D eigenvalue weighted by molar-refractivity contribution is 6.03. The van der Waals surface area contributed by atoms with Crippen LogP contribution in [0.4, 0.5) is 4.39 Å². The third-order valence-corrected chi connectivity index (χ3v) is 4.79. The quantitative estimate of drug-likeness (QED) is 0.505. The molecule has 0 aliphatic carbocycles. The number of aromatic hydroxyl groups is 1. The first kappa shape index (κ1) is 22.2. The maximum atomic E-state index is 13.2. The second-order valence-electron chi connectivity index (χ2n) is 6.81. The van der Waals surface area contributed by atoms with Gasteiger partial charge in [-0.3, -0.25) is 14.2 Å². The zero-order chi connectivity index (χ0) is 21.6. The minimum Gasteiger partial charge on any atom is -0.494 e. The van der Waals surface area contributed by atoms with Gasteiger partial charge in [0.25, 0.3) is 5.56 Å². The monoisotopic (exact) mass is 400 g/mol. The number of Topliss-reactive ketones (excluding diaryl/α,β-unsaturated/α-hetero) is 1. The number of nitrogens with zero attached hydrogens (tertiary/aromatic N) is 2. The van der Waals surface area contributed by atoms with Crippen molar-refractivity contribution in [3.05, 3.63) is 57.1 Å². The number of nitriles is 1. The molecule has 0 fully saturated rings. The predicted octanol–water partition coefficient (Wildman–Crippen LogP) is 4.10. The van der Waals surface area contributed by atoms with Gasteiger partial charge >= 0.3 is 0 Å². The van der Waals surface area contributed by atoms with Crippen LogP contribution in [0.25, 0.3) is 0 Å². The minimum absolute atomic E-state index is 0.0911. The van der Waals surface area contributed by atoms with Crippen molar-refractivity contribution in [1.29, 1.82) is 5.26 Å². The van der Waals surface area contributed by atoms with Crippen molar-refractivity contribution >= 4 is 5.78 Å². The summed E-state index contributed by atoms with van der Waals surface area (Å²) in [6.07, 6.45) is 1.72. The van der Waals surface area contributed by atoms with Crippen LogP contribution in [0.1, 0.15) is 61.0 Å². The summed E-state index contributed by atoms with van der Waals surface area (Å²) in [6, 6.07) is 7.10. The molecule has 1 N–H and O–H groups in total. The molecule has 0 radical (unpaired) electrons. The fraction of sp³-hybridized carbons (Fsp3) is 0.409. The second kappa shape index (κ2) is 9.87. The average molecular weight is 400 g/mol. The first-order chi connectivity index (χ1) is 13.8. The van der Waals surface area contributed by atoms with E-state index in [-0.39, 0.29) is 29.7 Å². The molecule has 0 aliphatic heterocycles. The Morgan fingerprint density at radius 3 is 2.48 bits per heavy atom. The lowest BCUT2D eigenvalue weighted by Gasteiger charge is -2.20. The highest BCUT2D eigenvalue weighted by Crippen LogP contribution is 2.26. The van der Waals surface area contributed by atoms with Gasteiger partial charge in [-0.15, -0.1) is 0 Å². The van der Waals surface area contributed by atoms with Crippen LogP contribution in [-0.4, -0.2) is 21.6 Å². The lowest BCUT2D eigenvalue weighted by Crippen LogP contribution is -2.32. The molecule has 0 aliphatic rings. The average Bonchev–Trinajstić information content (AvgIpc) is 2.70. The SMILES string of the molecule is CCCCCn1c(O)c(C(=O)C(CC)Oc2ccc(F)cc2)c(C)c(C#N)c1=O.